The highest BCUT2D eigenvalue weighted by Crippen LogP contribution is 2.03. The van der Waals surface area contributed by atoms with Crippen molar-refractivity contribution in [2.45, 2.75) is 25.4 Å². The van der Waals surface area contributed by atoms with Crippen LogP contribution in [0.15, 0.2) is 0 Å². The molecule has 15 heavy (non-hydrogen) atoms. The van der Waals surface area contributed by atoms with E-state index in [1.807, 2.05) is 0 Å². The van der Waals surface area contributed by atoms with Crippen molar-refractivity contribution in [1.82, 2.24) is 25.9 Å². The largest absolute Gasteiger partial charge is 0.345 e. The van der Waals surface area contributed by atoms with Crippen LogP contribution in [0.2, 0.25) is 0 Å². The van der Waals surface area contributed by atoms with Gasteiger partial charge in [0.15, 0.2) is 5.82 Å². The predicted molar refractivity (Wildman–Crippen MR) is 52.2 cm³/mol. The molecule has 0 fully saturated rings. The Morgan fingerprint density at radius 1 is 1.80 bits per heavy atom. The van der Waals surface area contributed by atoms with Gasteiger partial charge in [0.1, 0.15) is 0 Å². The molecule has 0 bridgehead atoms. The number of aromatic nitrogens is 4. The van der Waals surface area contributed by atoms with E-state index in [0.717, 1.165) is 0 Å². The van der Waals surface area contributed by atoms with E-state index in [-0.39, 0.29) is 18.4 Å². The van der Waals surface area contributed by atoms with Crippen molar-refractivity contribution in [2.75, 3.05) is 0 Å². The van der Waals surface area contributed by atoms with Gasteiger partial charge in [-0.05, 0) is 6.92 Å². The van der Waals surface area contributed by atoms with E-state index in [1.165, 1.54) is 0 Å². The molecule has 0 aliphatic rings. The SMILES string of the molecule is C#CCC(N)C(=O)NC(C)c1nn[nH]n1. The average molecular weight is 208 g/mol. The number of aromatic amines is 1. The number of terminal acetylenes is 1. The number of carbonyl (C=O) groups is 1. The third kappa shape index (κ3) is 3.03. The van der Waals surface area contributed by atoms with Gasteiger partial charge in [-0.3, -0.25) is 4.79 Å². The summed E-state index contributed by atoms with van der Waals surface area (Å²) in [5.74, 6) is 2.39. The number of carbonyl (C=O) groups excluding carboxylic acids is 1. The van der Waals surface area contributed by atoms with Crippen molar-refractivity contribution >= 4 is 5.91 Å². The summed E-state index contributed by atoms with van der Waals surface area (Å²) in [7, 11) is 0. The molecule has 0 aromatic carbocycles. The van der Waals surface area contributed by atoms with Crippen molar-refractivity contribution < 1.29 is 4.79 Å². The van der Waals surface area contributed by atoms with Crippen LogP contribution >= 0.6 is 0 Å². The zero-order valence-electron chi connectivity index (χ0n) is 8.27. The molecule has 0 saturated heterocycles. The lowest BCUT2D eigenvalue weighted by atomic mass is 10.2. The van der Waals surface area contributed by atoms with E-state index in [4.69, 9.17) is 12.2 Å². The Morgan fingerprint density at radius 2 is 2.53 bits per heavy atom. The highest BCUT2D eigenvalue weighted by Gasteiger charge is 2.17. The zero-order valence-corrected chi connectivity index (χ0v) is 8.27. The van der Waals surface area contributed by atoms with Crippen LogP contribution in [0.1, 0.15) is 25.2 Å². The third-order valence-electron chi connectivity index (χ3n) is 1.78. The van der Waals surface area contributed by atoms with Crippen molar-refractivity contribution in [3.63, 3.8) is 0 Å². The standard InChI is InChI=1S/C8H12N6O/c1-3-4-6(9)8(15)10-5(2)7-11-13-14-12-7/h1,5-6H,4,9H2,2H3,(H,10,15)(H,11,12,13,14). The van der Waals surface area contributed by atoms with Gasteiger partial charge in [0.2, 0.25) is 5.91 Å². The van der Waals surface area contributed by atoms with E-state index >= 15 is 0 Å². The maximum atomic E-state index is 11.4. The quantitative estimate of drug-likeness (QED) is 0.534. The number of nitrogens with two attached hydrogens (primary N) is 1. The van der Waals surface area contributed by atoms with Gasteiger partial charge in [-0.25, -0.2) is 0 Å². The molecule has 80 valence electrons. The van der Waals surface area contributed by atoms with E-state index in [9.17, 15) is 4.79 Å². The molecule has 0 aliphatic heterocycles. The van der Waals surface area contributed by atoms with Crippen molar-refractivity contribution in [2.24, 2.45) is 5.73 Å². The molecule has 0 saturated carbocycles. The summed E-state index contributed by atoms with van der Waals surface area (Å²) in [6.07, 6.45) is 5.24. The minimum absolute atomic E-state index is 0.199. The van der Waals surface area contributed by atoms with Crippen LogP contribution in [0.25, 0.3) is 0 Å². The minimum Gasteiger partial charge on any atom is -0.345 e. The van der Waals surface area contributed by atoms with Crippen molar-refractivity contribution in [1.29, 1.82) is 0 Å². The number of rotatable bonds is 4. The molecule has 7 nitrogen and oxygen atoms in total. The second-order valence-corrected chi connectivity index (χ2v) is 3.02. The van der Waals surface area contributed by atoms with E-state index in [0.29, 0.717) is 5.82 Å². The smallest absolute Gasteiger partial charge is 0.238 e. The maximum absolute atomic E-state index is 11.4. The molecule has 1 heterocycles. The summed E-state index contributed by atoms with van der Waals surface area (Å²) >= 11 is 0. The second kappa shape index (κ2) is 5.07. The molecular weight excluding hydrogens is 196 g/mol. The Labute approximate surface area is 86.8 Å². The average Bonchev–Trinajstić information content (AvgIpc) is 2.70. The van der Waals surface area contributed by atoms with E-state index in [2.05, 4.69) is 31.9 Å². The number of hydrogen-bond donors (Lipinski definition) is 3. The predicted octanol–water partition coefficient (Wildman–Crippen LogP) is -1.27. The van der Waals surface area contributed by atoms with Gasteiger partial charge >= 0.3 is 0 Å². The van der Waals surface area contributed by atoms with Crippen LogP contribution < -0.4 is 11.1 Å². The first-order chi connectivity index (χ1) is 7.15. The molecule has 7 heteroatoms. The minimum atomic E-state index is -0.704. The monoisotopic (exact) mass is 208 g/mol. The number of nitrogens with one attached hydrogen (secondary N) is 2. The van der Waals surface area contributed by atoms with Crippen molar-refractivity contribution in [3.8, 4) is 12.3 Å². The molecule has 1 aromatic rings. The number of tetrazole rings is 1. The van der Waals surface area contributed by atoms with Crippen LogP contribution in [-0.2, 0) is 4.79 Å². The Kier molecular flexibility index (Phi) is 3.76. The summed E-state index contributed by atoms with van der Waals surface area (Å²) < 4.78 is 0. The Balaban J connectivity index is 2.49. The van der Waals surface area contributed by atoms with Gasteiger partial charge in [0, 0.05) is 6.42 Å². The van der Waals surface area contributed by atoms with Gasteiger partial charge in [-0.15, -0.1) is 22.5 Å². The molecule has 2 atom stereocenters. The van der Waals surface area contributed by atoms with Crippen LogP contribution in [0, 0.1) is 12.3 Å². The number of amides is 1. The molecule has 4 N–H and O–H groups in total. The highest BCUT2D eigenvalue weighted by atomic mass is 16.2. The fraction of sp³-hybridized carbons (Fsp3) is 0.500. The first kappa shape index (κ1) is 11.1. The first-order valence-corrected chi connectivity index (χ1v) is 4.38. The van der Waals surface area contributed by atoms with E-state index < -0.39 is 6.04 Å². The van der Waals surface area contributed by atoms with Gasteiger partial charge in [0.05, 0.1) is 12.1 Å². The Hall–Kier alpha value is -1.94. The fourth-order valence-corrected chi connectivity index (χ4v) is 0.958. The number of hydrogen-bond acceptors (Lipinski definition) is 5. The molecule has 0 spiro atoms. The summed E-state index contributed by atoms with van der Waals surface area (Å²) in [6, 6.07) is -1.05. The molecule has 0 aliphatic carbocycles. The third-order valence-corrected chi connectivity index (χ3v) is 1.78. The second-order valence-electron chi connectivity index (χ2n) is 3.02. The lowest BCUT2D eigenvalue weighted by molar-refractivity contribution is -0.122. The van der Waals surface area contributed by atoms with Gasteiger partial charge in [-0.1, -0.05) is 5.21 Å². The zero-order chi connectivity index (χ0) is 11.3. The van der Waals surface area contributed by atoms with Crippen LogP contribution in [0.4, 0.5) is 0 Å². The summed E-state index contributed by atoms with van der Waals surface area (Å²) in [5, 5.41) is 15.8. The Morgan fingerprint density at radius 3 is 3.07 bits per heavy atom. The molecular formula is C8H12N6O. The fourth-order valence-electron chi connectivity index (χ4n) is 0.958. The summed E-state index contributed by atoms with van der Waals surface area (Å²) in [4.78, 5) is 11.4. The molecule has 1 amide bonds. The highest BCUT2D eigenvalue weighted by molar-refractivity contribution is 5.82. The number of nitrogens with zero attached hydrogens (tertiary/aromatic N) is 3. The lowest BCUT2D eigenvalue weighted by Crippen LogP contribution is -2.41. The molecule has 1 rings (SSSR count). The molecule has 2 unspecified atom stereocenters. The van der Waals surface area contributed by atoms with Crippen LogP contribution in [-0.4, -0.2) is 32.6 Å². The first-order valence-electron chi connectivity index (χ1n) is 4.38. The Bertz CT molecular complexity index is 354. The number of H-pyrrole nitrogens is 1. The van der Waals surface area contributed by atoms with Gasteiger partial charge < -0.3 is 11.1 Å². The normalized spacial score (nSPS) is 13.9. The summed E-state index contributed by atoms with van der Waals surface area (Å²) in [6.45, 7) is 1.73. The van der Waals surface area contributed by atoms with Gasteiger partial charge in [-0.2, -0.15) is 5.21 Å². The topological polar surface area (TPSA) is 110 Å². The van der Waals surface area contributed by atoms with Gasteiger partial charge in [0.25, 0.3) is 0 Å². The van der Waals surface area contributed by atoms with E-state index in [1.54, 1.807) is 6.92 Å². The van der Waals surface area contributed by atoms with Crippen LogP contribution in [0.3, 0.4) is 0 Å². The molecule has 1 aromatic heterocycles. The lowest BCUT2D eigenvalue weighted by Gasteiger charge is -2.13. The summed E-state index contributed by atoms with van der Waals surface area (Å²) in [5.41, 5.74) is 5.51. The maximum Gasteiger partial charge on any atom is 0.238 e. The van der Waals surface area contributed by atoms with Crippen LogP contribution in [0.5, 0.6) is 0 Å². The molecule has 0 radical (unpaired) electrons. The van der Waals surface area contributed by atoms with Crippen molar-refractivity contribution in [3.05, 3.63) is 5.82 Å².